The maximum Gasteiger partial charge on any atom is 0.325 e. The first kappa shape index (κ1) is 11.2. The summed E-state index contributed by atoms with van der Waals surface area (Å²) in [5.74, 6) is -1.02. The van der Waals surface area contributed by atoms with Gasteiger partial charge in [0.05, 0.1) is 0 Å². The number of aromatic nitrogens is 1. The molecule has 84 valence electrons. The Hall–Kier alpha value is -1.33. The molecule has 0 amide bonds. The van der Waals surface area contributed by atoms with Crippen LogP contribution in [0.15, 0.2) is 22.7 Å². The van der Waals surface area contributed by atoms with Gasteiger partial charge in [0.15, 0.2) is 0 Å². The molecule has 0 saturated heterocycles. The van der Waals surface area contributed by atoms with Crippen LogP contribution in [-0.2, 0) is 4.79 Å². The lowest BCUT2D eigenvalue weighted by atomic mass is 10.0. The van der Waals surface area contributed by atoms with Crippen molar-refractivity contribution in [2.75, 3.05) is 0 Å². The fraction of sp³-hybridized carbons (Fsp3) is 0.182. The van der Waals surface area contributed by atoms with Gasteiger partial charge >= 0.3 is 5.97 Å². The molecular formula is C11H11BrN2O2. The number of aromatic amines is 1. The van der Waals surface area contributed by atoms with Gasteiger partial charge in [-0.1, -0.05) is 22.0 Å². The average molecular weight is 283 g/mol. The Morgan fingerprint density at radius 3 is 2.88 bits per heavy atom. The van der Waals surface area contributed by atoms with Crippen molar-refractivity contribution in [1.82, 2.24) is 4.98 Å². The highest BCUT2D eigenvalue weighted by atomic mass is 79.9. The number of fused-ring (bicyclic) bond motifs is 1. The van der Waals surface area contributed by atoms with Crippen molar-refractivity contribution < 1.29 is 9.90 Å². The number of nitrogens with one attached hydrogen (secondary N) is 1. The molecule has 5 heteroatoms. The molecule has 2 rings (SSSR count). The molecule has 0 saturated carbocycles. The molecular weight excluding hydrogens is 272 g/mol. The summed E-state index contributed by atoms with van der Waals surface area (Å²) in [4.78, 5) is 14.0. The van der Waals surface area contributed by atoms with Crippen LogP contribution < -0.4 is 5.73 Å². The molecule has 16 heavy (non-hydrogen) atoms. The van der Waals surface area contributed by atoms with Crippen molar-refractivity contribution in [2.45, 2.75) is 13.0 Å². The van der Waals surface area contributed by atoms with Crippen molar-refractivity contribution in [1.29, 1.82) is 0 Å². The number of carboxylic acid groups (broad SMARTS) is 1. The van der Waals surface area contributed by atoms with Crippen LogP contribution in [0.4, 0.5) is 0 Å². The Kier molecular flexibility index (Phi) is 2.73. The zero-order valence-electron chi connectivity index (χ0n) is 8.62. The molecule has 2 aromatic rings. The number of hydrogen-bond donors (Lipinski definition) is 3. The lowest BCUT2D eigenvalue weighted by Gasteiger charge is -2.06. The van der Waals surface area contributed by atoms with E-state index in [1.807, 2.05) is 25.1 Å². The first-order valence-corrected chi connectivity index (χ1v) is 5.56. The summed E-state index contributed by atoms with van der Waals surface area (Å²) in [6.45, 7) is 1.83. The third-order valence-electron chi connectivity index (χ3n) is 2.58. The van der Waals surface area contributed by atoms with Gasteiger partial charge in [-0.15, -0.1) is 0 Å². The zero-order chi connectivity index (χ0) is 11.9. The van der Waals surface area contributed by atoms with E-state index in [9.17, 15) is 4.79 Å². The van der Waals surface area contributed by atoms with Gasteiger partial charge in [-0.3, -0.25) is 4.79 Å². The van der Waals surface area contributed by atoms with Crippen molar-refractivity contribution in [3.8, 4) is 0 Å². The molecule has 0 aliphatic rings. The third kappa shape index (κ3) is 1.72. The topological polar surface area (TPSA) is 79.1 Å². The number of H-pyrrole nitrogens is 1. The molecule has 1 atom stereocenters. The molecule has 0 aliphatic heterocycles. The smallest absolute Gasteiger partial charge is 0.325 e. The molecule has 1 aromatic carbocycles. The molecule has 4 N–H and O–H groups in total. The van der Waals surface area contributed by atoms with E-state index in [-0.39, 0.29) is 0 Å². The maximum atomic E-state index is 10.9. The Morgan fingerprint density at radius 1 is 1.56 bits per heavy atom. The highest BCUT2D eigenvalue weighted by molar-refractivity contribution is 9.10. The summed E-state index contributed by atoms with van der Waals surface area (Å²) >= 11 is 3.36. The minimum Gasteiger partial charge on any atom is -0.480 e. The average Bonchev–Trinajstić information content (AvgIpc) is 2.51. The van der Waals surface area contributed by atoms with Crippen LogP contribution >= 0.6 is 15.9 Å². The van der Waals surface area contributed by atoms with E-state index in [0.717, 1.165) is 21.1 Å². The van der Waals surface area contributed by atoms with Crippen molar-refractivity contribution >= 4 is 32.8 Å². The third-order valence-corrected chi connectivity index (χ3v) is 3.07. The lowest BCUT2D eigenvalue weighted by Crippen LogP contribution is -2.21. The Labute approximate surface area is 101 Å². The van der Waals surface area contributed by atoms with Crippen LogP contribution in [0.1, 0.15) is 17.3 Å². The van der Waals surface area contributed by atoms with Crippen molar-refractivity contribution in [3.05, 3.63) is 33.9 Å². The van der Waals surface area contributed by atoms with Crippen molar-refractivity contribution in [3.63, 3.8) is 0 Å². The Bertz CT molecular complexity index is 562. The van der Waals surface area contributed by atoms with E-state index in [1.54, 1.807) is 0 Å². The number of halogens is 1. The summed E-state index contributed by atoms with van der Waals surface area (Å²) in [7, 11) is 0. The second-order valence-corrected chi connectivity index (χ2v) is 4.59. The summed E-state index contributed by atoms with van der Waals surface area (Å²) in [5.41, 5.74) is 7.99. The molecule has 1 heterocycles. The number of aliphatic carboxylic acids is 1. The number of aryl methyl sites for hydroxylation is 1. The summed E-state index contributed by atoms with van der Waals surface area (Å²) in [6.07, 6.45) is 0. The number of benzene rings is 1. The van der Waals surface area contributed by atoms with E-state index in [0.29, 0.717) is 5.56 Å². The number of rotatable bonds is 2. The molecule has 1 unspecified atom stereocenters. The van der Waals surface area contributed by atoms with E-state index in [2.05, 4.69) is 20.9 Å². The van der Waals surface area contributed by atoms with Crippen LogP contribution in [0.25, 0.3) is 10.9 Å². The number of carbonyl (C=O) groups is 1. The van der Waals surface area contributed by atoms with Gasteiger partial charge in [-0.05, 0) is 19.1 Å². The van der Waals surface area contributed by atoms with E-state index >= 15 is 0 Å². The van der Waals surface area contributed by atoms with Gasteiger partial charge in [-0.25, -0.2) is 0 Å². The largest absolute Gasteiger partial charge is 0.480 e. The van der Waals surface area contributed by atoms with Crippen molar-refractivity contribution in [2.24, 2.45) is 5.73 Å². The molecule has 0 bridgehead atoms. The van der Waals surface area contributed by atoms with Gasteiger partial charge in [0.25, 0.3) is 0 Å². The van der Waals surface area contributed by atoms with Crippen LogP contribution in [0.5, 0.6) is 0 Å². The molecule has 0 spiro atoms. The zero-order valence-corrected chi connectivity index (χ0v) is 10.2. The molecule has 4 nitrogen and oxygen atoms in total. The van der Waals surface area contributed by atoms with Gasteiger partial charge in [0.1, 0.15) is 6.04 Å². The molecule has 0 fully saturated rings. The Balaban J connectivity index is 2.69. The first-order valence-electron chi connectivity index (χ1n) is 4.77. The van der Waals surface area contributed by atoms with Crippen LogP contribution in [-0.4, -0.2) is 16.1 Å². The minimum absolute atomic E-state index is 0.648. The van der Waals surface area contributed by atoms with E-state index in [1.165, 1.54) is 0 Å². The predicted octanol–water partition coefficient (Wildman–Crippen LogP) is 2.32. The van der Waals surface area contributed by atoms with Gasteiger partial charge in [0, 0.05) is 26.6 Å². The standard InChI is InChI=1S/C11H11BrN2O2/c1-5-9(10(13)11(15)16)7-3-2-6(12)4-8(7)14-5/h2-4,10,14H,13H2,1H3,(H,15,16). The first-order chi connectivity index (χ1) is 7.50. The minimum atomic E-state index is -1.02. The van der Waals surface area contributed by atoms with E-state index < -0.39 is 12.0 Å². The molecule has 1 aromatic heterocycles. The summed E-state index contributed by atoms with van der Waals surface area (Å²) in [6, 6.07) is 4.64. The van der Waals surface area contributed by atoms with Gasteiger partial charge in [0.2, 0.25) is 0 Å². The van der Waals surface area contributed by atoms with Gasteiger partial charge in [-0.2, -0.15) is 0 Å². The number of hydrogen-bond acceptors (Lipinski definition) is 2. The number of carboxylic acids is 1. The SMILES string of the molecule is Cc1[nH]c2cc(Br)ccc2c1C(N)C(=O)O. The van der Waals surface area contributed by atoms with Crippen LogP contribution in [0.3, 0.4) is 0 Å². The van der Waals surface area contributed by atoms with Crippen LogP contribution in [0.2, 0.25) is 0 Å². The fourth-order valence-electron chi connectivity index (χ4n) is 1.85. The maximum absolute atomic E-state index is 10.9. The normalized spacial score (nSPS) is 12.9. The highest BCUT2D eigenvalue weighted by Crippen LogP contribution is 2.28. The summed E-state index contributed by atoms with van der Waals surface area (Å²) in [5, 5.41) is 9.80. The monoisotopic (exact) mass is 282 g/mol. The lowest BCUT2D eigenvalue weighted by molar-refractivity contribution is -0.138. The molecule has 0 radical (unpaired) electrons. The van der Waals surface area contributed by atoms with Gasteiger partial charge < -0.3 is 15.8 Å². The molecule has 0 aliphatic carbocycles. The summed E-state index contributed by atoms with van der Waals surface area (Å²) < 4.78 is 0.941. The quantitative estimate of drug-likeness (QED) is 0.791. The second kappa shape index (κ2) is 3.92. The number of nitrogens with two attached hydrogens (primary N) is 1. The van der Waals surface area contributed by atoms with E-state index in [4.69, 9.17) is 10.8 Å². The van der Waals surface area contributed by atoms with Crippen LogP contribution in [0, 0.1) is 6.92 Å². The highest BCUT2D eigenvalue weighted by Gasteiger charge is 2.21. The fourth-order valence-corrected chi connectivity index (χ4v) is 2.21. The second-order valence-electron chi connectivity index (χ2n) is 3.67. The predicted molar refractivity (Wildman–Crippen MR) is 65.3 cm³/mol. The Morgan fingerprint density at radius 2 is 2.25 bits per heavy atom.